The molecule has 1 aromatic heterocycles. The Morgan fingerprint density at radius 2 is 2.04 bits per heavy atom. The summed E-state index contributed by atoms with van der Waals surface area (Å²) in [6, 6.07) is 3.24. The van der Waals surface area contributed by atoms with Crippen molar-refractivity contribution in [2.45, 2.75) is 18.5 Å². The number of anilines is 1. The van der Waals surface area contributed by atoms with Crippen molar-refractivity contribution in [1.82, 2.24) is 19.7 Å². The van der Waals surface area contributed by atoms with Crippen LogP contribution < -0.4 is 4.90 Å². The molecule has 3 rings (SSSR count). The van der Waals surface area contributed by atoms with Gasteiger partial charge in [0.1, 0.15) is 5.82 Å². The first kappa shape index (κ1) is 17.8. The quantitative estimate of drug-likeness (QED) is 0.734. The molecule has 0 unspecified atom stereocenters. The Labute approximate surface area is 150 Å². The molecule has 0 fully saturated rings. The molecule has 2 amide bonds. The van der Waals surface area contributed by atoms with Gasteiger partial charge in [0.2, 0.25) is 5.82 Å². The van der Waals surface area contributed by atoms with Crippen LogP contribution in [0.25, 0.3) is 0 Å². The second-order valence-electron chi connectivity index (χ2n) is 5.45. The highest BCUT2D eigenvalue weighted by Gasteiger charge is 2.38. The fourth-order valence-electron chi connectivity index (χ4n) is 2.60. The van der Waals surface area contributed by atoms with Gasteiger partial charge in [0.05, 0.1) is 17.3 Å². The first-order chi connectivity index (χ1) is 11.7. The number of benzene rings is 1. The lowest BCUT2D eigenvalue weighted by Crippen LogP contribution is -2.45. The second kappa shape index (κ2) is 6.38. The summed E-state index contributed by atoms with van der Waals surface area (Å²) in [6.45, 7) is 0.228. The van der Waals surface area contributed by atoms with Crippen LogP contribution in [-0.4, -0.2) is 39.3 Å². The molecular formula is C14H12Cl2F3N5O. The third-order valence-electron chi connectivity index (χ3n) is 3.84. The van der Waals surface area contributed by atoms with E-state index in [9.17, 15) is 18.0 Å². The Hall–Kier alpha value is -2.00. The van der Waals surface area contributed by atoms with Crippen molar-refractivity contribution in [3.63, 3.8) is 0 Å². The molecule has 2 heterocycles. The Balaban J connectivity index is 1.80. The first-order valence-electron chi connectivity index (χ1n) is 7.15. The van der Waals surface area contributed by atoms with E-state index in [1.807, 2.05) is 0 Å². The summed E-state index contributed by atoms with van der Waals surface area (Å²) in [5, 5.41) is 3.54. The first-order valence-corrected chi connectivity index (χ1v) is 7.91. The monoisotopic (exact) mass is 393 g/mol. The average molecular weight is 394 g/mol. The summed E-state index contributed by atoms with van der Waals surface area (Å²) in [4.78, 5) is 15.3. The number of carbonyl (C=O) groups excluding carboxylic acids is 1. The van der Waals surface area contributed by atoms with E-state index in [0.717, 1.165) is 6.07 Å². The number of alkyl halides is 3. The second-order valence-corrected chi connectivity index (χ2v) is 6.33. The van der Waals surface area contributed by atoms with Crippen molar-refractivity contribution in [3.8, 4) is 0 Å². The van der Waals surface area contributed by atoms with Crippen LogP contribution in [0.5, 0.6) is 0 Å². The van der Waals surface area contributed by atoms with E-state index in [1.54, 1.807) is 0 Å². The Morgan fingerprint density at radius 1 is 1.32 bits per heavy atom. The van der Waals surface area contributed by atoms with Gasteiger partial charge in [0.25, 0.3) is 0 Å². The van der Waals surface area contributed by atoms with Crippen LogP contribution in [0.4, 0.5) is 23.7 Å². The molecule has 0 bridgehead atoms. The molecule has 6 nitrogen and oxygen atoms in total. The number of fused-ring (bicyclic) bond motifs is 1. The molecule has 1 aliphatic rings. The van der Waals surface area contributed by atoms with Crippen molar-refractivity contribution in [1.29, 1.82) is 0 Å². The summed E-state index contributed by atoms with van der Waals surface area (Å²) in [6.07, 6.45) is 0. The standard InChI is InChI=1S/C14H12Cl2F3N5O/c1-22(10-3-2-8(17)6-9(10)15)13(25)23-4-5-24-11(7-23)20-21-12(24)14(16,18)19/h2-3,6H,4-5,7H2,1H3. The number of halogens is 5. The van der Waals surface area contributed by atoms with Gasteiger partial charge in [-0.2, -0.15) is 8.78 Å². The number of urea groups is 1. The van der Waals surface area contributed by atoms with Crippen LogP contribution in [0, 0.1) is 5.82 Å². The minimum Gasteiger partial charge on any atom is -0.315 e. The Kier molecular flexibility index (Phi) is 4.54. The normalized spacial score (nSPS) is 14.4. The molecule has 0 radical (unpaired) electrons. The highest BCUT2D eigenvalue weighted by molar-refractivity contribution is 6.33. The van der Waals surface area contributed by atoms with Gasteiger partial charge in [-0.25, -0.2) is 9.18 Å². The van der Waals surface area contributed by atoms with E-state index >= 15 is 0 Å². The van der Waals surface area contributed by atoms with E-state index in [-0.39, 0.29) is 30.5 Å². The molecular weight excluding hydrogens is 382 g/mol. The number of aromatic nitrogens is 3. The van der Waals surface area contributed by atoms with E-state index < -0.39 is 23.1 Å². The van der Waals surface area contributed by atoms with E-state index in [1.165, 1.54) is 33.5 Å². The molecule has 0 N–H and O–H groups in total. The Morgan fingerprint density at radius 3 is 2.68 bits per heavy atom. The van der Waals surface area contributed by atoms with Crippen LogP contribution in [-0.2, 0) is 18.5 Å². The van der Waals surface area contributed by atoms with Gasteiger partial charge in [-0.3, -0.25) is 4.90 Å². The van der Waals surface area contributed by atoms with Crippen LogP contribution in [0.3, 0.4) is 0 Å². The van der Waals surface area contributed by atoms with Crippen molar-refractivity contribution >= 4 is 34.9 Å². The molecule has 0 saturated carbocycles. The van der Waals surface area contributed by atoms with Gasteiger partial charge in [-0.15, -0.1) is 10.2 Å². The van der Waals surface area contributed by atoms with E-state index in [2.05, 4.69) is 10.2 Å². The van der Waals surface area contributed by atoms with Gasteiger partial charge in [0.15, 0.2) is 5.82 Å². The molecule has 1 aromatic carbocycles. The highest BCUT2D eigenvalue weighted by Crippen LogP contribution is 2.32. The zero-order valence-electron chi connectivity index (χ0n) is 12.9. The number of rotatable bonds is 2. The van der Waals surface area contributed by atoms with Crippen molar-refractivity contribution in [2.24, 2.45) is 0 Å². The summed E-state index contributed by atoms with van der Waals surface area (Å²) >= 11 is 11.0. The highest BCUT2D eigenvalue weighted by atomic mass is 35.5. The largest absolute Gasteiger partial charge is 0.381 e. The molecule has 11 heteroatoms. The van der Waals surface area contributed by atoms with E-state index in [4.69, 9.17) is 23.2 Å². The van der Waals surface area contributed by atoms with Crippen LogP contribution in [0.15, 0.2) is 18.2 Å². The Bertz CT molecular complexity index is 823. The maximum atomic E-state index is 13.3. The van der Waals surface area contributed by atoms with Crippen molar-refractivity contribution in [3.05, 3.63) is 40.7 Å². The van der Waals surface area contributed by atoms with Crippen LogP contribution in [0.2, 0.25) is 5.02 Å². The number of hydrogen-bond donors (Lipinski definition) is 0. The summed E-state index contributed by atoms with van der Waals surface area (Å²) in [5.74, 6) is -0.963. The molecule has 134 valence electrons. The molecule has 25 heavy (non-hydrogen) atoms. The molecule has 1 aliphatic heterocycles. The third-order valence-corrected chi connectivity index (χ3v) is 4.31. The minimum absolute atomic E-state index is 0.0119. The maximum absolute atomic E-state index is 13.3. The smallest absolute Gasteiger partial charge is 0.315 e. The maximum Gasteiger partial charge on any atom is 0.381 e. The number of hydrogen-bond acceptors (Lipinski definition) is 3. The van der Waals surface area contributed by atoms with Crippen LogP contribution in [0.1, 0.15) is 11.6 Å². The van der Waals surface area contributed by atoms with Crippen molar-refractivity contribution in [2.75, 3.05) is 18.5 Å². The molecule has 2 aromatic rings. The number of amides is 2. The zero-order valence-corrected chi connectivity index (χ0v) is 14.4. The third kappa shape index (κ3) is 3.38. The SMILES string of the molecule is CN(C(=O)N1CCn2c(nnc2C(F)(F)Cl)C1)c1ccc(F)cc1Cl. The summed E-state index contributed by atoms with van der Waals surface area (Å²) < 4.78 is 40.9. The lowest BCUT2D eigenvalue weighted by molar-refractivity contribution is 0.0773. The fourth-order valence-corrected chi connectivity index (χ4v) is 3.03. The van der Waals surface area contributed by atoms with Gasteiger partial charge >= 0.3 is 11.4 Å². The number of nitrogens with zero attached hydrogens (tertiary/aromatic N) is 5. The fraction of sp³-hybridized carbons (Fsp3) is 0.357. The predicted molar refractivity (Wildman–Crippen MR) is 85.4 cm³/mol. The topological polar surface area (TPSA) is 54.3 Å². The summed E-state index contributed by atoms with van der Waals surface area (Å²) in [5.41, 5.74) is 0.327. The molecule has 0 saturated heterocycles. The lowest BCUT2D eigenvalue weighted by Gasteiger charge is -2.32. The van der Waals surface area contributed by atoms with E-state index in [0.29, 0.717) is 5.69 Å². The number of carbonyl (C=O) groups is 1. The average Bonchev–Trinajstić information content (AvgIpc) is 2.96. The lowest BCUT2D eigenvalue weighted by atomic mass is 10.3. The van der Waals surface area contributed by atoms with Gasteiger partial charge in [-0.1, -0.05) is 11.6 Å². The van der Waals surface area contributed by atoms with Crippen molar-refractivity contribution < 1.29 is 18.0 Å². The zero-order chi connectivity index (χ0) is 18.4. The van der Waals surface area contributed by atoms with Gasteiger partial charge < -0.3 is 9.47 Å². The predicted octanol–water partition coefficient (Wildman–Crippen LogP) is 3.43. The molecule has 0 aliphatic carbocycles. The van der Waals surface area contributed by atoms with Gasteiger partial charge in [-0.05, 0) is 29.8 Å². The molecule has 0 spiro atoms. The van der Waals surface area contributed by atoms with Crippen LogP contribution >= 0.6 is 23.2 Å². The summed E-state index contributed by atoms with van der Waals surface area (Å²) in [7, 11) is 1.49. The molecule has 0 atom stereocenters. The minimum atomic E-state index is -3.63. The van der Waals surface area contributed by atoms with Gasteiger partial charge in [0, 0.05) is 20.1 Å².